The van der Waals surface area contributed by atoms with E-state index in [1.165, 1.54) is 0 Å². The number of hydrogen-bond donors (Lipinski definition) is 1. The first kappa shape index (κ1) is 13.6. The van der Waals surface area contributed by atoms with Gasteiger partial charge in [-0.05, 0) is 11.1 Å². The molecule has 16 heavy (non-hydrogen) atoms. The second kappa shape index (κ2) is 6.34. The van der Waals surface area contributed by atoms with Crippen molar-refractivity contribution in [2.45, 2.75) is 13.2 Å². The molecule has 1 aromatic carbocycles. The Hall–Kier alpha value is -0.430. The highest BCUT2D eigenvalue weighted by Gasteiger charge is 2.06. The molecule has 0 aromatic heterocycles. The van der Waals surface area contributed by atoms with E-state index in [4.69, 9.17) is 4.74 Å². The highest BCUT2D eigenvalue weighted by molar-refractivity contribution is 9.10. The number of sulfonamides is 1. The Labute approximate surface area is 104 Å². The number of hydrogen-bond acceptors (Lipinski definition) is 3. The van der Waals surface area contributed by atoms with Crippen molar-refractivity contribution in [3.05, 3.63) is 35.4 Å². The largest absolute Gasteiger partial charge is 0.380 e. The second-order valence-electron chi connectivity index (χ2n) is 3.30. The lowest BCUT2D eigenvalue weighted by Crippen LogP contribution is -2.23. The summed E-state index contributed by atoms with van der Waals surface area (Å²) < 4.78 is 29.8. The quantitative estimate of drug-likeness (QED) is 0.812. The number of nitrogens with one attached hydrogen (secondary N) is 1. The van der Waals surface area contributed by atoms with Gasteiger partial charge in [0.15, 0.2) is 0 Å². The lowest BCUT2D eigenvalue weighted by Gasteiger charge is -2.06. The van der Waals surface area contributed by atoms with Crippen LogP contribution < -0.4 is 4.72 Å². The maximum absolute atomic E-state index is 11.2. The maximum Gasteiger partial charge on any atom is 0.221 e. The van der Waals surface area contributed by atoms with Crippen molar-refractivity contribution in [1.82, 2.24) is 4.72 Å². The first-order valence-corrected chi connectivity index (χ1v) is 7.45. The Bertz CT molecular complexity index is 433. The van der Waals surface area contributed by atoms with Gasteiger partial charge in [0.25, 0.3) is 0 Å². The van der Waals surface area contributed by atoms with Gasteiger partial charge in [-0.3, -0.25) is 0 Å². The van der Waals surface area contributed by atoms with Crippen LogP contribution in [0.1, 0.15) is 11.1 Å². The molecule has 90 valence electrons. The van der Waals surface area contributed by atoms with E-state index in [2.05, 4.69) is 20.7 Å². The molecule has 0 atom stereocenters. The monoisotopic (exact) mass is 307 g/mol. The molecule has 0 fully saturated rings. The Morgan fingerprint density at radius 3 is 2.69 bits per heavy atom. The molecule has 0 unspecified atom stereocenters. The molecule has 0 saturated heterocycles. The summed E-state index contributed by atoms with van der Waals surface area (Å²) >= 11 is 2.91. The predicted molar refractivity (Wildman–Crippen MR) is 66.7 cm³/mol. The van der Waals surface area contributed by atoms with E-state index in [1.807, 2.05) is 24.3 Å². The average molecular weight is 308 g/mol. The molecule has 0 amide bonds. The number of alkyl halides is 1. The lowest BCUT2D eigenvalue weighted by atomic mass is 10.1. The van der Waals surface area contributed by atoms with Crippen LogP contribution >= 0.6 is 15.9 Å². The van der Waals surface area contributed by atoms with Gasteiger partial charge in [-0.2, -0.15) is 0 Å². The van der Waals surface area contributed by atoms with Crippen LogP contribution in [0.15, 0.2) is 24.3 Å². The van der Waals surface area contributed by atoms with Crippen LogP contribution in [0.4, 0.5) is 0 Å². The van der Waals surface area contributed by atoms with Crippen molar-refractivity contribution >= 4 is 26.0 Å². The van der Waals surface area contributed by atoms with Crippen molar-refractivity contribution < 1.29 is 13.2 Å². The van der Waals surface area contributed by atoms with Crippen molar-refractivity contribution in [3.63, 3.8) is 0 Å². The summed E-state index contributed by atoms with van der Waals surface area (Å²) in [5.41, 5.74) is 1.94. The zero-order chi connectivity index (χ0) is 12.0. The SMILES string of the molecule is COCc1cccc(CNS(=O)(=O)CBr)c1. The number of ether oxygens (including phenoxy) is 1. The van der Waals surface area contributed by atoms with E-state index in [9.17, 15) is 8.42 Å². The van der Waals surface area contributed by atoms with Crippen LogP contribution in [0.2, 0.25) is 0 Å². The number of methoxy groups -OCH3 is 1. The van der Waals surface area contributed by atoms with Crippen molar-refractivity contribution in [3.8, 4) is 0 Å². The Balaban J connectivity index is 2.64. The van der Waals surface area contributed by atoms with Gasteiger partial charge in [0, 0.05) is 13.7 Å². The Morgan fingerprint density at radius 2 is 2.06 bits per heavy atom. The molecule has 1 N–H and O–H groups in total. The molecule has 0 spiro atoms. The smallest absolute Gasteiger partial charge is 0.221 e. The zero-order valence-electron chi connectivity index (χ0n) is 8.94. The predicted octanol–water partition coefficient (Wildman–Crippen LogP) is 1.60. The molecule has 0 aliphatic rings. The fraction of sp³-hybridized carbons (Fsp3) is 0.400. The van der Waals surface area contributed by atoms with Crippen LogP contribution in [0, 0.1) is 0 Å². The van der Waals surface area contributed by atoms with Gasteiger partial charge in [-0.15, -0.1) is 0 Å². The van der Waals surface area contributed by atoms with Crippen molar-refractivity contribution in [2.24, 2.45) is 0 Å². The summed E-state index contributed by atoms with van der Waals surface area (Å²) in [5, 5.41) is 0. The van der Waals surface area contributed by atoms with E-state index in [0.717, 1.165) is 11.1 Å². The minimum atomic E-state index is -3.21. The molecule has 4 nitrogen and oxygen atoms in total. The second-order valence-corrected chi connectivity index (χ2v) is 6.41. The fourth-order valence-electron chi connectivity index (χ4n) is 1.23. The topological polar surface area (TPSA) is 55.4 Å². The summed E-state index contributed by atoms with van der Waals surface area (Å²) in [5.74, 6) is 0. The summed E-state index contributed by atoms with van der Waals surface area (Å²) in [6.45, 7) is 0.824. The molecule has 0 aliphatic heterocycles. The number of halogens is 1. The number of rotatable bonds is 6. The van der Waals surface area contributed by atoms with Crippen LogP contribution in [0.3, 0.4) is 0 Å². The standard InChI is InChI=1S/C10H14BrNO3S/c1-15-7-10-4-2-3-9(5-10)6-12-16(13,14)8-11/h2-5,12H,6-8H2,1H3. The van der Waals surface area contributed by atoms with Crippen LogP contribution in [-0.4, -0.2) is 20.2 Å². The van der Waals surface area contributed by atoms with Gasteiger partial charge >= 0.3 is 0 Å². The third kappa shape index (κ3) is 4.61. The Kier molecular flexibility index (Phi) is 5.40. The van der Waals surface area contributed by atoms with E-state index in [-0.39, 0.29) is 4.66 Å². The summed E-state index contributed by atoms with van der Waals surface area (Å²) in [4.78, 5) is 0. The van der Waals surface area contributed by atoms with Gasteiger partial charge in [0.05, 0.1) is 6.61 Å². The third-order valence-corrected chi connectivity index (χ3v) is 4.62. The zero-order valence-corrected chi connectivity index (χ0v) is 11.3. The minimum absolute atomic E-state index is 0.0856. The van der Waals surface area contributed by atoms with Crippen LogP contribution in [-0.2, 0) is 27.9 Å². The molecule has 0 radical (unpaired) electrons. The molecular weight excluding hydrogens is 294 g/mol. The molecule has 0 aliphatic carbocycles. The molecule has 1 rings (SSSR count). The normalized spacial score (nSPS) is 11.6. The molecule has 0 bridgehead atoms. The average Bonchev–Trinajstić information content (AvgIpc) is 2.28. The Morgan fingerprint density at radius 1 is 1.38 bits per heavy atom. The molecule has 6 heteroatoms. The van der Waals surface area contributed by atoms with Gasteiger partial charge in [0.2, 0.25) is 10.0 Å². The highest BCUT2D eigenvalue weighted by atomic mass is 79.9. The van der Waals surface area contributed by atoms with E-state index >= 15 is 0 Å². The molecule has 0 heterocycles. The van der Waals surface area contributed by atoms with E-state index < -0.39 is 10.0 Å². The first-order chi connectivity index (χ1) is 7.57. The maximum atomic E-state index is 11.2. The molecule has 0 saturated carbocycles. The molecule has 1 aromatic rings. The van der Waals surface area contributed by atoms with Gasteiger partial charge in [-0.25, -0.2) is 13.1 Å². The minimum Gasteiger partial charge on any atom is -0.380 e. The van der Waals surface area contributed by atoms with E-state index in [0.29, 0.717) is 13.2 Å². The van der Waals surface area contributed by atoms with Crippen molar-refractivity contribution in [2.75, 3.05) is 11.8 Å². The van der Waals surface area contributed by atoms with Crippen LogP contribution in [0.5, 0.6) is 0 Å². The summed E-state index contributed by atoms with van der Waals surface area (Å²) in [7, 11) is -1.58. The lowest BCUT2D eigenvalue weighted by molar-refractivity contribution is 0.185. The first-order valence-electron chi connectivity index (χ1n) is 4.67. The third-order valence-electron chi connectivity index (χ3n) is 1.94. The summed E-state index contributed by atoms with van der Waals surface area (Å²) in [6, 6.07) is 7.61. The van der Waals surface area contributed by atoms with Gasteiger partial charge in [-0.1, -0.05) is 40.2 Å². The summed E-state index contributed by atoms with van der Waals surface area (Å²) in [6.07, 6.45) is 0. The van der Waals surface area contributed by atoms with Crippen molar-refractivity contribution in [1.29, 1.82) is 0 Å². The van der Waals surface area contributed by atoms with E-state index in [1.54, 1.807) is 7.11 Å². The van der Waals surface area contributed by atoms with Crippen LogP contribution in [0.25, 0.3) is 0 Å². The van der Waals surface area contributed by atoms with Gasteiger partial charge < -0.3 is 4.74 Å². The fourth-order valence-corrected chi connectivity index (χ4v) is 2.18. The van der Waals surface area contributed by atoms with Gasteiger partial charge in [0.1, 0.15) is 4.66 Å². The number of benzene rings is 1. The molecular formula is C10H14BrNO3S. The highest BCUT2D eigenvalue weighted by Crippen LogP contribution is 2.06.